The summed E-state index contributed by atoms with van der Waals surface area (Å²) in [6, 6.07) is 0. The van der Waals surface area contributed by atoms with Gasteiger partial charge in [0.25, 0.3) is 0 Å². The standard InChI is InChI=1S/C9H18O3/c1-8(2,6-10)9(11)4-3-5-12-7-9/h10-11H,3-7H2,1-2H3. The first-order chi connectivity index (χ1) is 5.52. The van der Waals surface area contributed by atoms with Gasteiger partial charge in [-0.25, -0.2) is 0 Å². The highest BCUT2D eigenvalue weighted by molar-refractivity contribution is 4.94. The first-order valence-electron chi connectivity index (χ1n) is 4.43. The molecule has 0 aromatic heterocycles. The minimum atomic E-state index is -0.847. The van der Waals surface area contributed by atoms with Crippen LogP contribution in [0.2, 0.25) is 0 Å². The summed E-state index contributed by atoms with van der Waals surface area (Å²) in [7, 11) is 0. The highest BCUT2D eigenvalue weighted by atomic mass is 16.5. The van der Waals surface area contributed by atoms with Crippen LogP contribution in [0.5, 0.6) is 0 Å². The summed E-state index contributed by atoms with van der Waals surface area (Å²) in [5.41, 5.74) is -1.31. The Bertz CT molecular complexity index is 148. The topological polar surface area (TPSA) is 49.7 Å². The van der Waals surface area contributed by atoms with Crippen molar-refractivity contribution in [1.82, 2.24) is 0 Å². The van der Waals surface area contributed by atoms with E-state index in [4.69, 9.17) is 9.84 Å². The van der Waals surface area contributed by atoms with Crippen LogP contribution in [0.1, 0.15) is 26.7 Å². The zero-order valence-electron chi connectivity index (χ0n) is 7.84. The lowest BCUT2D eigenvalue weighted by atomic mass is 9.72. The predicted octanol–water partition coefficient (Wildman–Crippen LogP) is 0.546. The summed E-state index contributed by atoms with van der Waals surface area (Å²) < 4.78 is 5.21. The Morgan fingerprint density at radius 3 is 2.58 bits per heavy atom. The maximum atomic E-state index is 10.1. The van der Waals surface area contributed by atoms with Crippen molar-refractivity contribution < 1.29 is 14.9 Å². The van der Waals surface area contributed by atoms with Crippen LogP contribution in [0, 0.1) is 5.41 Å². The molecule has 0 aromatic rings. The van der Waals surface area contributed by atoms with Crippen LogP contribution in [-0.4, -0.2) is 35.6 Å². The van der Waals surface area contributed by atoms with Crippen LogP contribution in [0.3, 0.4) is 0 Å². The third-order valence-corrected chi connectivity index (χ3v) is 2.87. The van der Waals surface area contributed by atoms with Crippen molar-refractivity contribution in [2.75, 3.05) is 19.8 Å². The summed E-state index contributed by atoms with van der Waals surface area (Å²) in [4.78, 5) is 0. The van der Waals surface area contributed by atoms with E-state index in [1.54, 1.807) is 0 Å². The first-order valence-corrected chi connectivity index (χ1v) is 4.43. The third kappa shape index (κ3) is 1.63. The highest BCUT2D eigenvalue weighted by Crippen LogP contribution is 2.36. The summed E-state index contributed by atoms with van der Waals surface area (Å²) in [5, 5.41) is 19.2. The molecule has 1 saturated heterocycles. The van der Waals surface area contributed by atoms with Crippen LogP contribution in [-0.2, 0) is 4.74 Å². The van der Waals surface area contributed by atoms with E-state index in [-0.39, 0.29) is 6.61 Å². The molecule has 1 rings (SSSR count). The number of aliphatic hydroxyl groups is 2. The molecule has 0 radical (unpaired) electrons. The fourth-order valence-electron chi connectivity index (χ4n) is 1.46. The van der Waals surface area contributed by atoms with Gasteiger partial charge in [0.2, 0.25) is 0 Å². The van der Waals surface area contributed by atoms with Gasteiger partial charge in [-0.1, -0.05) is 13.8 Å². The maximum Gasteiger partial charge on any atom is 0.0953 e. The summed E-state index contributed by atoms with van der Waals surface area (Å²) >= 11 is 0. The van der Waals surface area contributed by atoms with E-state index in [1.165, 1.54) is 0 Å². The van der Waals surface area contributed by atoms with E-state index in [9.17, 15) is 5.11 Å². The Balaban J connectivity index is 2.68. The summed E-state index contributed by atoms with van der Waals surface area (Å²) in [6.45, 7) is 4.79. The second-order valence-electron chi connectivity index (χ2n) is 4.23. The van der Waals surface area contributed by atoms with E-state index in [1.807, 2.05) is 13.8 Å². The van der Waals surface area contributed by atoms with Gasteiger partial charge < -0.3 is 14.9 Å². The van der Waals surface area contributed by atoms with Crippen molar-refractivity contribution in [2.45, 2.75) is 32.3 Å². The van der Waals surface area contributed by atoms with Crippen LogP contribution >= 0.6 is 0 Å². The van der Waals surface area contributed by atoms with E-state index < -0.39 is 11.0 Å². The van der Waals surface area contributed by atoms with Gasteiger partial charge in [-0.2, -0.15) is 0 Å². The molecule has 72 valence electrons. The first kappa shape index (κ1) is 9.96. The molecule has 0 amide bonds. The average Bonchev–Trinajstić information content (AvgIpc) is 2.06. The number of ether oxygens (including phenoxy) is 1. The van der Waals surface area contributed by atoms with E-state index in [0.29, 0.717) is 6.61 Å². The molecule has 1 atom stereocenters. The number of hydrogen-bond donors (Lipinski definition) is 2. The van der Waals surface area contributed by atoms with Gasteiger partial charge in [-0.3, -0.25) is 0 Å². The molecular weight excluding hydrogens is 156 g/mol. The normalized spacial score (nSPS) is 32.0. The molecule has 0 aliphatic carbocycles. The maximum absolute atomic E-state index is 10.1. The molecule has 0 aromatic carbocycles. The zero-order valence-corrected chi connectivity index (χ0v) is 7.84. The SMILES string of the molecule is CC(C)(CO)C1(O)CCCOC1. The Kier molecular flexibility index (Phi) is 2.76. The molecule has 3 heteroatoms. The fourth-order valence-corrected chi connectivity index (χ4v) is 1.46. The average molecular weight is 174 g/mol. The lowest BCUT2D eigenvalue weighted by Crippen LogP contribution is -2.52. The number of rotatable bonds is 2. The molecular formula is C9H18O3. The second-order valence-corrected chi connectivity index (χ2v) is 4.23. The predicted molar refractivity (Wildman–Crippen MR) is 45.9 cm³/mol. The van der Waals surface area contributed by atoms with Crippen LogP contribution in [0.4, 0.5) is 0 Å². The highest BCUT2D eigenvalue weighted by Gasteiger charge is 2.44. The smallest absolute Gasteiger partial charge is 0.0953 e. The van der Waals surface area contributed by atoms with Gasteiger partial charge >= 0.3 is 0 Å². The Labute approximate surface area is 73.4 Å². The van der Waals surface area contributed by atoms with Crippen LogP contribution < -0.4 is 0 Å². The molecule has 1 aliphatic heterocycles. The molecule has 2 N–H and O–H groups in total. The summed E-state index contributed by atoms with van der Waals surface area (Å²) in [6.07, 6.45) is 1.60. The van der Waals surface area contributed by atoms with E-state index in [2.05, 4.69) is 0 Å². The molecule has 0 bridgehead atoms. The molecule has 3 nitrogen and oxygen atoms in total. The second kappa shape index (κ2) is 3.32. The largest absolute Gasteiger partial charge is 0.396 e. The van der Waals surface area contributed by atoms with Gasteiger partial charge in [0.1, 0.15) is 0 Å². The van der Waals surface area contributed by atoms with Crippen LogP contribution in [0.25, 0.3) is 0 Å². The minimum absolute atomic E-state index is 0.00708. The quantitative estimate of drug-likeness (QED) is 0.642. The van der Waals surface area contributed by atoms with Crippen molar-refractivity contribution in [3.05, 3.63) is 0 Å². The van der Waals surface area contributed by atoms with Crippen molar-refractivity contribution in [3.8, 4) is 0 Å². The minimum Gasteiger partial charge on any atom is -0.396 e. The number of aliphatic hydroxyl groups excluding tert-OH is 1. The van der Waals surface area contributed by atoms with Crippen molar-refractivity contribution in [1.29, 1.82) is 0 Å². The summed E-state index contributed by atoms with van der Waals surface area (Å²) in [5.74, 6) is 0. The molecule has 1 unspecified atom stereocenters. The van der Waals surface area contributed by atoms with Gasteiger partial charge in [-0.05, 0) is 12.8 Å². The lowest BCUT2D eigenvalue weighted by Gasteiger charge is -2.43. The zero-order chi connectivity index (χ0) is 9.24. The van der Waals surface area contributed by atoms with Gasteiger partial charge in [0, 0.05) is 12.0 Å². The van der Waals surface area contributed by atoms with Gasteiger partial charge in [-0.15, -0.1) is 0 Å². The molecule has 0 saturated carbocycles. The fraction of sp³-hybridized carbons (Fsp3) is 1.00. The van der Waals surface area contributed by atoms with Crippen LogP contribution in [0.15, 0.2) is 0 Å². The molecule has 1 heterocycles. The monoisotopic (exact) mass is 174 g/mol. The molecule has 0 spiro atoms. The van der Waals surface area contributed by atoms with E-state index in [0.717, 1.165) is 19.4 Å². The van der Waals surface area contributed by atoms with Gasteiger partial charge in [0.05, 0.1) is 18.8 Å². The Hall–Kier alpha value is -0.120. The van der Waals surface area contributed by atoms with Gasteiger partial charge in [0.15, 0.2) is 0 Å². The van der Waals surface area contributed by atoms with Crippen molar-refractivity contribution in [3.63, 3.8) is 0 Å². The molecule has 12 heavy (non-hydrogen) atoms. The number of hydrogen-bond acceptors (Lipinski definition) is 3. The Morgan fingerprint density at radius 1 is 1.50 bits per heavy atom. The molecule has 1 fully saturated rings. The third-order valence-electron chi connectivity index (χ3n) is 2.87. The molecule has 1 aliphatic rings. The van der Waals surface area contributed by atoms with Crippen molar-refractivity contribution >= 4 is 0 Å². The van der Waals surface area contributed by atoms with Crippen molar-refractivity contribution in [2.24, 2.45) is 5.41 Å². The Morgan fingerprint density at radius 2 is 2.17 bits per heavy atom. The van der Waals surface area contributed by atoms with E-state index >= 15 is 0 Å². The lowest BCUT2D eigenvalue weighted by molar-refractivity contribution is -0.162.